The molecular formula is C13H16FN3O2. The summed E-state index contributed by atoms with van der Waals surface area (Å²) >= 11 is 0. The van der Waals surface area contributed by atoms with Gasteiger partial charge in [-0.2, -0.15) is 5.26 Å². The number of urea groups is 1. The summed E-state index contributed by atoms with van der Waals surface area (Å²) < 4.78 is 13.1. The lowest BCUT2D eigenvalue weighted by Crippen LogP contribution is -2.33. The van der Waals surface area contributed by atoms with Crippen molar-refractivity contribution >= 4 is 11.7 Å². The maximum atomic E-state index is 13.1. The molecule has 2 amide bonds. The summed E-state index contributed by atoms with van der Waals surface area (Å²) in [5.74, 6) is -0.622. The van der Waals surface area contributed by atoms with E-state index in [9.17, 15) is 9.18 Å². The molecule has 0 saturated heterocycles. The fourth-order valence-electron chi connectivity index (χ4n) is 1.39. The van der Waals surface area contributed by atoms with Crippen LogP contribution in [0, 0.1) is 17.1 Å². The lowest BCUT2D eigenvalue weighted by molar-refractivity contribution is 0.167. The molecule has 0 heterocycles. The maximum absolute atomic E-state index is 13.1. The van der Waals surface area contributed by atoms with Gasteiger partial charge in [-0.05, 0) is 31.5 Å². The van der Waals surface area contributed by atoms with Crippen molar-refractivity contribution in [3.63, 3.8) is 0 Å². The minimum Gasteiger partial charge on any atom is -0.393 e. The Morgan fingerprint density at radius 1 is 1.63 bits per heavy atom. The van der Waals surface area contributed by atoms with Gasteiger partial charge in [-0.1, -0.05) is 0 Å². The fraction of sp³-hybridized carbons (Fsp3) is 0.385. The molecule has 0 aliphatic carbocycles. The third kappa shape index (κ3) is 4.56. The molecule has 1 aromatic carbocycles. The Morgan fingerprint density at radius 2 is 2.32 bits per heavy atom. The van der Waals surface area contributed by atoms with Gasteiger partial charge in [0, 0.05) is 19.3 Å². The van der Waals surface area contributed by atoms with Gasteiger partial charge in [0.25, 0.3) is 0 Å². The number of halogens is 1. The minimum atomic E-state index is -0.622. The molecule has 0 fully saturated rings. The molecule has 0 saturated carbocycles. The monoisotopic (exact) mass is 265 g/mol. The van der Waals surface area contributed by atoms with E-state index in [0.29, 0.717) is 18.7 Å². The second-order valence-corrected chi connectivity index (χ2v) is 4.30. The van der Waals surface area contributed by atoms with E-state index < -0.39 is 11.9 Å². The molecule has 0 aliphatic rings. The second kappa shape index (κ2) is 6.71. The van der Waals surface area contributed by atoms with Gasteiger partial charge in [-0.15, -0.1) is 0 Å². The number of aliphatic hydroxyl groups excluding tert-OH is 1. The van der Waals surface area contributed by atoms with Crippen LogP contribution in [0.5, 0.6) is 0 Å². The van der Waals surface area contributed by atoms with E-state index in [-0.39, 0.29) is 11.6 Å². The SMILES string of the molecule is CC(O)CCN(C)C(=O)Nc1ccc(F)c(C#N)c1. The highest BCUT2D eigenvalue weighted by atomic mass is 19.1. The van der Waals surface area contributed by atoms with Crippen LogP contribution in [-0.4, -0.2) is 35.7 Å². The number of nitrogens with one attached hydrogen (secondary N) is 1. The van der Waals surface area contributed by atoms with Gasteiger partial charge in [0.2, 0.25) is 0 Å². The third-order valence-corrected chi connectivity index (χ3v) is 2.57. The third-order valence-electron chi connectivity index (χ3n) is 2.57. The molecule has 19 heavy (non-hydrogen) atoms. The van der Waals surface area contributed by atoms with Crippen LogP contribution < -0.4 is 5.32 Å². The van der Waals surface area contributed by atoms with Crippen molar-refractivity contribution in [3.8, 4) is 6.07 Å². The number of anilines is 1. The molecule has 2 N–H and O–H groups in total. The quantitative estimate of drug-likeness (QED) is 0.873. The molecule has 1 rings (SSSR count). The highest BCUT2D eigenvalue weighted by molar-refractivity contribution is 5.89. The summed E-state index contributed by atoms with van der Waals surface area (Å²) in [6.07, 6.45) is -0.0113. The molecule has 0 radical (unpaired) electrons. The van der Waals surface area contributed by atoms with Crippen LogP contribution in [0.15, 0.2) is 18.2 Å². The highest BCUT2D eigenvalue weighted by Gasteiger charge is 2.11. The van der Waals surface area contributed by atoms with E-state index in [0.717, 1.165) is 6.07 Å². The van der Waals surface area contributed by atoms with Gasteiger partial charge >= 0.3 is 6.03 Å². The smallest absolute Gasteiger partial charge is 0.321 e. The van der Waals surface area contributed by atoms with Crippen molar-refractivity contribution in [3.05, 3.63) is 29.6 Å². The number of nitriles is 1. The predicted molar refractivity (Wildman–Crippen MR) is 69.1 cm³/mol. The second-order valence-electron chi connectivity index (χ2n) is 4.30. The molecule has 6 heteroatoms. The Hall–Kier alpha value is -2.13. The van der Waals surface area contributed by atoms with E-state index in [1.807, 2.05) is 0 Å². The molecule has 1 aromatic rings. The van der Waals surface area contributed by atoms with E-state index in [1.165, 1.54) is 17.0 Å². The minimum absolute atomic E-state index is 0.121. The summed E-state index contributed by atoms with van der Waals surface area (Å²) in [4.78, 5) is 13.2. The zero-order valence-electron chi connectivity index (χ0n) is 10.9. The molecular weight excluding hydrogens is 249 g/mol. The molecule has 1 atom stereocenters. The number of carbonyl (C=O) groups is 1. The highest BCUT2D eigenvalue weighted by Crippen LogP contribution is 2.14. The van der Waals surface area contributed by atoms with Crippen LogP contribution in [0.4, 0.5) is 14.9 Å². The number of aliphatic hydroxyl groups is 1. The Kier molecular flexibility index (Phi) is 5.27. The van der Waals surface area contributed by atoms with E-state index in [2.05, 4.69) is 5.32 Å². The molecule has 102 valence electrons. The molecule has 0 aliphatic heterocycles. The summed E-state index contributed by atoms with van der Waals surface area (Å²) in [5, 5.41) is 20.4. The predicted octanol–water partition coefficient (Wildman–Crippen LogP) is 1.93. The van der Waals surface area contributed by atoms with Crippen molar-refractivity contribution in [2.24, 2.45) is 0 Å². The zero-order valence-corrected chi connectivity index (χ0v) is 10.9. The largest absolute Gasteiger partial charge is 0.393 e. The molecule has 0 aromatic heterocycles. The van der Waals surface area contributed by atoms with Crippen molar-refractivity contribution < 1.29 is 14.3 Å². The van der Waals surface area contributed by atoms with E-state index >= 15 is 0 Å². The topological polar surface area (TPSA) is 76.4 Å². The fourth-order valence-corrected chi connectivity index (χ4v) is 1.39. The summed E-state index contributed by atoms with van der Waals surface area (Å²) in [6, 6.07) is 5.11. The van der Waals surface area contributed by atoms with Crippen molar-refractivity contribution in [2.45, 2.75) is 19.4 Å². The van der Waals surface area contributed by atoms with Crippen molar-refractivity contribution in [2.75, 3.05) is 18.9 Å². The number of carbonyl (C=O) groups excluding carboxylic acids is 1. The average molecular weight is 265 g/mol. The van der Waals surface area contributed by atoms with Crippen LogP contribution in [0.2, 0.25) is 0 Å². The molecule has 5 nitrogen and oxygen atoms in total. The van der Waals surface area contributed by atoms with Crippen molar-refractivity contribution in [1.82, 2.24) is 4.90 Å². The van der Waals surface area contributed by atoms with Gasteiger partial charge in [-0.3, -0.25) is 0 Å². The van der Waals surface area contributed by atoms with Crippen LogP contribution >= 0.6 is 0 Å². The first kappa shape index (κ1) is 14.9. The molecule has 1 unspecified atom stereocenters. The Balaban J connectivity index is 2.64. The summed E-state index contributed by atoms with van der Waals surface area (Å²) in [7, 11) is 1.59. The molecule has 0 spiro atoms. The van der Waals surface area contributed by atoms with Gasteiger partial charge in [0.15, 0.2) is 0 Å². The first-order valence-corrected chi connectivity index (χ1v) is 5.84. The van der Waals surface area contributed by atoms with Gasteiger partial charge in [-0.25, -0.2) is 9.18 Å². The number of rotatable bonds is 4. The number of hydrogen-bond donors (Lipinski definition) is 2. The first-order chi connectivity index (χ1) is 8.93. The van der Waals surface area contributed by atoms with Crippen LogP contribution in [-0.2, 0) is 0 Å². The van der Waals surface area contributed by atoms with Gasteiger partial charge in [0.05, 0.1) is 11.7 Å². The van der Waals surface area contributed by atoms with Gasteiger partial charge < -0.3 is 15.3 Å². The summed E-state index contributed by atoms with van der Waals surface area (Å²) in [5.41, 5.74) is 0.233. The average Bonchev–Trinajstić information content (AvgIpc) is 2.37. The van der Waals surface area contributed by atoms with Crippen LogP contribution in [0.1, 0.15) is 18.9 Å². The van der Waals surface area contributed by atoms with Crippen molar-refractivity contribution in [1.29, 1.82) is 5.26 Å². The standard InChI is InChI=1S/C13H16FN3O2/c1-9(18)5-6-17(2)13(19)16-11-3-4-12(14)10(7-11)8-15/h3-4,7,9,18H,5-6H2,1-2H3,(H,16,19). The van der Waals surface area contributed by atoms with Crippen LogP contribution in [0.25, 0.3) is 0 Å². The normalized spacial score (nSPS) is 11.5. The van der Waals surface area contributed by atoms with E-state index in [1.54, 1.807) is 20.0 Å². The summed E-state index contributed by atoms with van der Waals surface area (Å²) in [6.45, 7) is 2.04. The number of hydrogen-bond acceptors (Lipinski definition) is 3. The lowest BCUT2D eigenvalue weighted by atomic mass is 10.2. The number of amides is 2. The van der Waals surface area contributed by atoms with Gasteiger partial charge in [0.1, 0.15) is 11.9 Å². The Bertz CT molecular complexity index is 497. The maximum Gasteiger partial charge on any atom is 0.321 e. The lowest BCUT2D eigenvalue weighted by Gasteiger charge is -2.18. The first-order valence-electron chi connectivity index (χ1n) is 5.84. The van der Waals surface area contributed by atoms with Crippen LogP contribution in [0.3, 0.4) is 0 Å². The zero-order chi connectivity index (χ0) is 14.4. The number of nitrogens with zero attached hydrogens (tertiary/aromatic N) is 2. The molecule has 0 bridgehead atoms. The van der Waals surface area contributed by atoms with E-state index in [4.69, 9.17) is 10.4 Å². The number of benzene rings is 1. The Morgan fingerprint density at radius 3 is 2.89 bits per heavy atom. The Labute approximate surface area is 111 Å².